The molecule has 0 spiro atoms. The third-order valence-electron chi connectivity index (χ3n) is 6.74. The summed E-state index contributed by atoms with van der Waals surface area (Å²) < 4.78 is 0. The van der Waals surface area contributed by atoms with Crippen molar-refractivity contribution in [2.45, 2.75) is 59.3 Å². The average molecular weight is 343 g/mol. The van der Waals surface area contributed by atoms with Gasteiger partial charge in [0.05, 0.1) is 0 Å². The Kier molecular flexibility index (Phi) is 4.98. The van der Waals surface area contributed by atoms with E-state index in [4.69, 9.17) is 0 Å². The summed E-state index contributed by atoms with van der Waals surface area (Å²) in [6.45, 7) is 15.4. The Labute approximate surface area is 153 Å². The van der Waals surface area contributed by atoms with Crippen LogP contribution in [0.4, 0.5) is 5.69 Å². The lowest BCUT2D eigenvalue weighted by atomic mass is 9.57. The van der Waals surface area contributed by atoms with Crippen LogP contribution in [0.5, 0.6) is 0 Å². The minimum Gasteiger partial charge on any atom is -0.369 e. The van der Waals surface area contributed by atoms with Crippen LogP contribution in [-0.4, -0.2) is 32.0 Å². The number of ketones is 1. The van der Waals surface area contributed by atoms with Crippen LogP contribution in [-0.2, 0) is 5.41 Å². The quantitative estimate of drug-likeness (QED) is 0.826. The second-order valence-corrected chi connectivity index (χ2v) is 9.21. The first-order chi connectivity index (χ1) is 11.7. The number of carbonyl (C=O) groups is 1. The van der Waals surface area contributed by atoms with Crippen LogP contribution in [0.1, 0.15) is 69.8 Å². The zero-order valence-corrected chi connectivity index (χ0v) is 16.6. The molecule has 0 bridgehead atoms. The third-order valence-corrected chi connectivity index (χ3v) is 6.74. The number of hydrogen-bond donors (Lipinski definition) is 1. The summed E-state index contributed by atoms with van der Waals surface area (Å²) in [5, 5.41) is 3.44. The molecule has 1 aliphatic carbocycles. The highest BCUT2D eigenvalue weighted by molar-refractivity contribution is 5.95. The molecule has 3 nitrogen and oxygen atoms in total. The first-order valence-corrected chi connectivity index (χ1v) is 9.84. The van der Waals surface area contributed by atoms with Gasteiger partial charge in [-0.25, -0.2) is 0 Å². The van der Waals surface area contributed by atoms with Gasteiger partial charge in [0.25, 0.3) is 0 Å². The Morgan fingerprint density at radius 3 is 2.44 bits per heavy atom. The van der Waals surface area contributed by atoms with Gasteiger partial charge >= 0.3 is 0 Å². The Morgan fingerprint density at radius 2 is 1.84 bits per heavy atom. The molecule has 1 aromatic carbocycles. The van der Waals surface area contributed by atoms with Crippen LogP contribution in [0.2, 0.25) is 0 Å². The normalized spacial score (nSPS) is 29.5. The minimum atomic E-state index is 0.158. The first-order valence-electron chi connectivity index (χ1n) is 9.84. The Hall–Kier alpha value is -1.35. The molecule has 2 fully saturated rings. The summed E-state index contributed by atoms with van der Waals surface area (Å²) in [6, 6.07) is 6.45. The van der Waals surface area contributed by atoms with Crippen LogP contribution < -0.4 is 10.2 Å². The van der Waals surface area contributed by atoms with E-state index in [1.165, 1.54) is 30.5 Å². The maximum absolute atomic E-state index is 12.0. The van der Waals surface area contributed by atoms with Crippen molar-refractivity contribution in [2.75, 3.05) is 31.1 Å². The largest absolute Gasteiger partial charge is 0.369 e. The van der Waals surface area contributed by atoms with Crippen molar-refractivity contribution in [3.8, 4) is 0 Å². The molecular weight excluding hydrogens is 308 g/mol. The number of Topliss-reactive ketones (excluding diaryl/α,β-unsaturated/α-hetero) is 1. The molecule has 2 unspecified atom stereocenters. The van der Waals surface area contributed by atoms with E-state index in [2.05, 4.69) is 50.0 Å². The summed E-state index contributed by atoms with van der Waals surface area (Å²) >= 11 is 0. The Bertz CT molecular complexity index is 645. The van der Waals surface area contributed by atoms with Gasteiger partial charge in [-0.3, -0.25) is 4.79 Å². The van der Waals surface area contributed by atoms with Gasteiger partial charge < -0.3 is 10.2 Å². The predicted octanol–water partition coefficient (Wildman–Crippen LogP) is 4.40. The van der Waals surface area contributed by atoms with Gasteiger partial charge in [-0.05, 0) is 54.6 Å². The molecule has 0 amide bonds. The maximum Gasteiger partial charge on any atom is 0.159 e. The molecule has 1 saturated carbocycles. The summed E-state index contributed by atoms with van der Waals surface area (Å²) in [7, 11) is 0. The molecule has 1 aliphatic heterocycles. The molecule has 0 radical (unpaired) electrons. The highest BCUT2D eigenvalue weighted by Crippen LogP contribution is 2.52. The van der Waals surface area contributed by atoms with Crippen LogP contribution in [0.15, 0.2) is 18.2 Å². The van der Waals surface area contributed by atoms with Gasteiger partial charge in [-0.2, -0.15) is 0 Å². The van der Waals surface area contributed by atoms with Gasteiger partial charge in [0, 0.05) is 37.4 Å². The van der Waals surface area contributed by atoms with E-state index in [9.17, 15) is 4.79 Å². The Balaban J connectivity index is 2.03. The number of piperazine rings is 1. The van der Waals surface area contributed by atoms with E-state index >= 15 is 0 Å². The van der Waals surface area contributed by atoms with Gasteiger partial charge in [0.15, 0.2) is 5.78 Å². The van der Waals surface area contributed by atoms with E-state index in [0.29, 0.717) is 11.3 Å². The standard InChI is InChI=1S/C22H34N2O/c1-16-15-21(3,4)8-9-22(16,5)19-7-6-18(17(2)25)14-20(19)24-12-10-23-11-13-24/h6-7,14,16,23H,8-13,15H2,1-5H3. The highest BCUT2D eigenvalue weighted by atomic mass is 16.1. The molecule has 25 heavy (non-hydrogen) atoms. The first kappa shape index (κ1) is 18.4. The van der Waals surface area contributed by atoms with Crippen molar-refractivity contribution < 1.29 is 4.79 Å². The number of anilines is 1. The van der Waals surface area contributed by atoms with E-state index in [1.54, 1.807) is 6.92 Å². The van der Waals surface area contributed by atoms with Crippen molar-refractivity contribution in [3.05, 3.63) is 29.3 Å². The van der Waals surface area contributed by atoms with Crippen LogP contribution >= 0.6 is 0 Å². The van der Waals surface area contributed by atoms with Gasteiger partial charge in [0.1, 0.15) is 0 Å². The fraction of sp³-hybridized carbons (Fsp3) is 0.682. The molecule has 138 valence electrons. The SMILES string of the molecule is CC(=O)c1ccc(C2(C)CCC(C)(C)CC2C)c(N2CCNCC2)c1. The van der Waals surface area contributed by atoms with Crippen molar-refractivity contribution in [1.82, 2.24) is 5.32 Å². The van der Waals surface area contributed by atoms with E-state index in [1.807, 2.05) is 6.07 Å². The highest BCUT2D eigenvalue weighted by Gasteiger charge is 2.43. The number of carbonyl (C=O) groups excluding carboxylic acids is 1. The molecule has 1 heterocycles. The number of benzene rings is 1. The van der Waals surface area contributed by atoms with E-state index in [-0.39, 0.29) is 11.2 Å². The van der Waals surface area contributed by atoms with Gasteiger partial charge in [-0.15, -0.1) is 0 Å². The van der Waals surface area contributed by atoms with Gasteiger partial charge in [0.2, 0.25) is 0 Å². The maximum atomic E-state index is 12.0. The van der Waals surface area contributed by atoms with Crippen molar-refractivity contribution >= 4 is 11.5 Å². The number of rotatable bonds is 3. The molecule has 2 aliphatic rings. The van der Waals surface area contributed by atoms with E-state index < -0.39 is 0 Å². The topological polar surface area (TPSA) is 32.3 Å². The number of hydrogen-bond acceptors (Lipinski definition) is 3. The van der Waals surface area contributed by atoms with E-state index in [0.717, 1.165) is 31.7 Å². The minimum absolute atomic E-state index is 0.158. The summed E-state index contributed by atoms with van der Waals surface area (Å²) in [5.41, 5.74) is 4.20. The molecule has 3 rings (SSSR count). The molecule has 1 saturated heterocycles. The third kappa shape index (κ3) is 3.62. The summed E-state index contributed by atoms with van der Waals surface area (Å²) in [4.78, 5) is 14.4. The van der Waals surface area contributed by atoms with Crippen molar-refractivity contribution in [2.24, 2.45) is 11.3 Å². The van der Waals surface area contributed by atoms with Gasteiger partial charge in [-0.1, -0.05) is 39.8 Å². The molecule has 1 aromatic rings. The lowest BCUT2D eigenvalue weighted by Crippen LogP contribution is -2.46. The lowest BCUT2D eigenvalue weighted by molar-refractivity contribution is 0.101. The second-order valence-electron chi connectivity index (χ2n) is 9.21. The van der Waals surface area contributed by atoms with Crippen LogP contribution in [0, 0.1) is 11.3 Å². The number of nitrogens with one attached hydrogen (secondary N) is 1. The zero-order valence-electron chi connectivity index (χ0n) is 16.6. The monoisotopic (exact) mass is 342 g/mol. The predicted molar refractivity (Wildman–Crippen MR) is 106 cm³/mol. The summed E-state index contributed by atoms with van der Waals surface area (Å²) in [5.74, 6) is 0.798. The molecular formula is C22H34N2O. The molecule has 0 aromatic heterocycles. The molecule has 2 atom stereocenters. The number of nitrogens with zero attached hydrogens (tertiary/aromatic N) is 1. The average Bonchev–Trinajstić information content (AvgIpc) is 2.58. The van der Waals surface area contributed by atoms with Crippen molar-refractivity contribution in [3.63, 3.8) is 0 Å². The fourth-order valence-corrected chi connectivity index (χ4v) is 4.80. The smallest absolute Gasteiger partial charge is 0.159 e. The summed E-state index contributed by atoms with van der Waals surface area (Å²) in [6.07, 6.45) is 3.75. The van der Waals surface area contributed by atoms with Crippen LogP contribution in [0.3, 0.4) is 0 Å². The Morgan fingerprint density at radius 1 is 1.16 bits per heavy atom. The second kappa shape index (κ2) is 6.75. The zero-order chi connectivity index (χ0) is 18.2. The molecule has 3 heteroatoms. The van der Waals surface area contributed by atoms with Crippen LogP contribution in [0.25, 0.3) is 0 Å². The lowest BCUT2D eigenvalue weighted by Gasteiger charge is -2.48. The fourth-order valence-electron chi connectivity index (χ4n) is 4.80. The molecule has 1 N–H and O–H groups in total. The van der Waals surface area contributed by atoms with Crippen molar-refractivity contribution in [1.29, 1.82) is 0 Å².